The quantitative estimate of drug-likeness (QED) is 0.0320. The Morgan fingerprint density at radius 2 is 0.547 bits per heavy atom. The van der Waals surface area contributed by atoms with Crippen LogP contribution in [0.15, 0.2) is 24.3 Å². The molecule has 0 rings (SSSR count). The molecule has 0 aliphatic rings. The van der Waals surface area contributed by atoms with Gasteiger partial charge in [0.25, 0.3) is 0 Å². The van der Waals surface area contributed by atoms with Gasteiger partial charge in [-0.1, -0.05) is 385 Å². The molecular formula is C80H155NO5. The number of nitrogens with one attached hydrogen (secondary N) is 1. The van der Waals surface area contributed by atoms with Crippen molar-refractivity contribution in [2.24, 2.45) is 0 Å². The van der Waals surface area contributed by atoms with Crippen molar-refractivity contribution in [2.75, 3.05) is 13.2 Å². The lowest BCUT2D eigenvalue weighted by atomic mass is 10.0. The topological polar surface area (TPSA) is 95.9 Å². The van der Waals surface area contributed by atoms with Crippen LogP contribution in [0.3, 0.4) is 0 Å². The van der Waals surface area contributed by atoms with Gasteiger partial charge in [-0.3, -0.25) is 9.59 Å². The Bertz CT molecular complexity index is 1350. The zero-order chi connectivity index (χ0) is 62.0. The van der Waals surface area contributed by atoms with Crippen molar-refractivity contribution in [3.05, 3.63) is 24.3 Å². The highest BCUT2D eigenvalue weighted by Crippen LogP contribution is 2.20. The minimum Gasteiger partial charge on any atom is -0.466 e. The number of amides is 1. The Balaban J connectivity index is 3.29. The number of ether oxygens (including phenoxy) is 1. The molecule has 0 radical (unpaired) electrons. The predicted octanol–water partition coefficient (Wildman–Crippen LogP) is 26.0. The molecule has 0 aromatic rings. The maximum atomic E-state index is 12.5. The summed E-state index contributed by atoms with van der Waals surface area (Å²) in [4.78, 5) is 24.6. The van der Waals surface area contributed by atoms with Gasteiger partial charge in [-0.25, -0.2) is 0 Å². The molecule has 0 spiro atoms. The van der Waals surface area contributed by atoms with Gasteiger partial charge >= 0.3 is 5.97 Å². The summed E-state index contributed by atoms with van der Waals surface area (Å²) >= 11 is 0. The summed E-state index contributed by atoms with van der Waals surface area (Å²) in [5.74, 6) is -0.00629. The Kier molecular flexibility index (Phi) is 74.3. The Morgan fingerprint density at radius 3 is 0.826 bits per heavy atom. The summed E-state index contributed by atoms with van der Waals surface area (Å²) < 4.78 is 5.52. The molecule has 0 bridgehead atoms. The van der Waals surface area contributed by atoms with E-state index in [2.05, 4.69) is 43.5 Å². The number of aliphatic hydroxyl groups is 2. The van der Waals surface area contributed by atoms with Crippen LogP contribution in [0.2, 0.25) is 0 Å². The van der Waals surface area contributed by atoms with Crippen molar-refractivity contribution in [1.29, 1.82) is 0 Å². The molecule has 2 unspecified atom stereocenters. The first kappa shape index (κ1) is 84.3. The van der Waals surface area contributed by atoms with E-state index >= 15 is 0 Å². The lowest BCUT2D eigenvalue weighted by Gasteiger charge is -2.22. The molecular weight excluding hydrogens is 1050 g/mol. The highest BCUT2D eigenvalue weighted by Gasteiger charge is 2.20. The fraction of sp³-hybridized carbons (Fsp3) is 0.925. The number of hydrogen-bond donors (Lipinski definition) is 3. The van der Waals surface area contributed by atoms with Crippen molar-refractivity contribution in [1.82, 2.24) is 5.32 Å². The fourth-order valence-electron chi connectivity index (χ4n) is 12.7. The lowest BCUT2D eigenvalue weighted by molar-refractivity contribution is -0.143. The third-order valence-electron chi connectivity index (χ3n) is 18.7. The second kappa shape index (κ2) is 75.8. The molecule has 6 heteroatoms. The second-order valence-electron chi connectivity index (χ2n) is 27.4. The van der Waals surface area contributed by atoms with Crippen LogP contribution >= 0.6 is 0 Å². The second-order valence-corrected chi connectivity index (χ2v) is 27.4. The van der Waals surface area contributed by atoms with Crippen LogP contribution < -0.4 is 5.32 Å². The van der Waals surface area contributed by atoms with E-state index in [0.29, 0.717) is 25.9 Å². The van der Waals surface area contributed by atoms with E-state index in [1.807, 2.05) is 0 Å². The molecule has 0 saturated heterocycles. The molecule has 0 aliphatic carbocycles. The number of hydrogen-bond acceptors (Lipinski definition) is 5. The van der Waals surface area contributed by atoms with Crippen molar-refractivity contribution in [2.45, 2.75) is 463 Å². The number of unbranched alkanes of at least 4 members (excludes halogenated alkanes) is 60. The minimum atomic E-state index is -0.659. The SMILES string of the molecule is CCCCCCCC/C=C\CCCCCCCCCCCC(=O)OCCCCCCCCCCCCCCCCCCCC/C=C\CCCCCCCCCCCCCCCCCCCC(=O)NC(CO)C(O)CCCCCCCCCCCCC. The number of carbonyl (C=O) groups excluding carboxylic acids is 2. The van der Waals surface area contributed by atoms with Crippen LogP contribution in [0.4, 0.5) is 0 Å². The third-order valence-corrected chi connectivity index (χ3v) is 18.7. The number of rotatable bonds is 75. The zero-order valence-electron chi connectivity index (χ0n) is 58.6. The van der Waals surface area contributed by atoms with Gasteiger partial charge in [0.05, 0.1) is 25.4 Å². The molecule has 0 aliphatic heterocycles. The van der Waals surface area contributed by atoms with Crippen molar-refractivity contribution >= 4 is 11.9 Å². The van der Waals surface area contributed by atoms with Crippen molar-refractivity contribution in [3.63, 3.8) is 0 Å². The largest absolute Gasteiger partial charge is 0.466 e. The lowest BCUT2D eigenvalue weighted by Crippen LogP contribution is -2.45. The van der Waals surface area contributed by atoms with Gasteiger partial charge in [-0.15, -0.1) is 0 Å². The van der Waals surface area contributed by atoms with Crippen LogP contribution in [0, 0.1) is 0 Å². The number of aliphatic hydroxyl groups excluding tert-OH is 2. The van der Waals surface area contributed by atoms with Crippen molar-refractivity contribution in [3.8, 4) is 0 Å². The standard InChI is InChI=1S/C80H155NO5/c1-3-5-7-9-11-13-15-16-17-18-40-44-47-50-54-58-62-66-70-74-80(85)86-75-71-67-63-59-55-51-48-45-42-39-37-35-33-31-29-27-25-23-21-19-20-22-24-26-28-30-32-34-36-38-41-43-46-49-53-57-61-65-69-73-79(84)81-77(76-82)78(83)72-68-64-60-56-52-14-12-10-8-6-4-2/h16-17,19-20,77-78,82-83H,3-15,18,21-76H2,1-2H3,(H,81,84)/b17-16-,20-19-. The summed E-state index contributed by atoms with van der Waals surface area (Å²) in [6.07, 6.45) is 97.2. The van der Waals surface area contributed by atoms with Crippen LogP contribution in [0.1, 0.15) is 450 Å². The summed E-state index contributed by atoms with van der Waals surface area (Å²) in [6.45, 7) is 4.98. The van der Waals surface area contributed by atoms with Gasteiger partial charge < -0.3 is 20.3 Å². The van der Waals surface area contributed by atoms with Crippen LogP contribution in [0.25, 0.3) is 0 Å². The highest BCUT2D eigenvalue weighted by atomic mass is 16.5. The summed E-state index contributed by atoms with van der Waals surface area (Å²) in [6, 6.07) is -0.536. The molecule has 86 heavy (non-hydrogen) atoms. The van der Waals surface area contributed by atoms with Gasteiger partial charge in [-0.2, -0.15) is 0 Å². The zero-order valence-corrected chi connectivity index (χ0v) is 58.6. The van der Waals surface area contributed by atoms with E-state index in [9.17, 15) is 19.8 Å². The Hall–Kier alpha value is -1.66. The van der Waals surface area contributed by atoms with Gasteiger partial charge in [0.1, 0.15) is 0 Å². The van der Waals surface area contributed by atoms with Crippen LogP contribution in [0.5, 0.6) is 0 Å². The number of carbonyl (C=O) groups is 2. The van der Waals surface area contributed by atoms with E-state index in [1.54, 1.807) is 0 Å². The monoisotopic (exact) mass is 1210 g/mol. The van der Waals surface area contributed by atoms with Gasteiger partial charge in [-0.05, 0) is 77.0 Å². The van der Waals surface area contributed by atoms with E-state index in [4.69, 9.17) is 4.74 Å². The number of esters is 1. The maximum absolute atomic E-state index is 12.5. The fourth-order valence-corrected chi connectivity index (χ4v) is 12.7. The van der Waals surface area contributed by atoms with E-state index in [-0.39, 0.29) is 18.5 Å². The summed E-state index contributed by atoms with van der Waals surface area (Å²) in [5.41, 5.74) is 0. The molecule has 2 atom stereocenters. The molecule has 1 amide bonds. The first-order chi connectivity index (χ1) is 42.5. The average molecular weight is 1210 g/mol. The smallest absolute Gasteiger partial charge is 0.305 e. The first-order valence-corrected chi connectivity index (χ1v) is 39.6. The third kappa shape index (κ3) is 71.4. The Morgan fingerprint density at radius 1 is 0.314 bits per heavy atom. The van der Waals surface area contributed by atoms with E-state index in [1.165, 1.54) is 379 Å². The first-order valence-electron chi connectivity index (χ1n) is 39.6. The van der Waals surface area contributed by atoms with E-state index < -0.39 is 12.1 Å². The summed E-state index contributed by atoms with van der Waals surface area (Å²) in [5, 5.41) is 23.2. The highest BCUT2D eigenvalue weighted by molar-refractivity contribution is 5.76. The molecule has 6 nitrogen and oxygen atoms in total. The Labute approximate surface area is 539 Å². The van der Waals surface area contributed by atoms with Crippen molar-refractivity contribution < 1.29 is 24.5 Å². The molecule has 0 saturated carbocycles. The van der Waals surface area contributed by atoms with Gasteiger partial charge in [0.2, 0.25) is 5.91 Å². The molecule has 0 aromatic carbocycles. The van der Waals surface area contributed by atoms with Crippen LogP contribution in [-0.2, 0) is 14.3 Å². The molecule has 510 valence electrons. The maximum Gasteiger partial charge on any atom is 0.305 e. The normalized spacial score (nSPS) is 12.6. The summed E-state index contributed by atoms with van der Waals surface area (Å²) in [7, 11) is 0. The molecule has 3 N–H and O–H groups in total. The van der Waals surface area contributed by atoms with Gasteiger partial charge in [0.15, 0.2) is 0 Å². The number of allylic oxidation sites excluding steroid dienone is 4. The molecule has 0 heterocycles. The minimum absolute atomic E-state index is 0.0229. The predicted molar refractivity (Wildman–Crippen MR) is 380 cm³/mol. The average Bonchev–Trinajstić information content (AvgIpc) is 3.58. The van der Waals surface area contributed by atoms with Gasteiger partial charge in [0, 0.05) is 12.8 Å². The molecule has 0 fully saturated rings. The molecule has 0 aromatic heterocycles. The van der Waals surface area contributed by atoms with E-state index in [0.717, 1.165) is 38.5 Å². The van der Waals surface area contributed by atoms with Crippen LogP contribution in [-0.4, -0.2) is 47.4 Å².